The number of rotatable bonds is 2. The second-order valence-corrected chi connectivity index (χ2v) is 4.93. The maximum absolute atomic E-state index is 12.3. The molecular weight excluding hydrogens is 282 g/mol. The highest BCUT2D eigenvalue weighted by Gasteiger charge is 2.27. The summed E-state index contributed by atoms with van der Waals surface area (Å²) in [6.07, 6.45) is 1.38. The molecule has 1 aliphatic carbocycles. The molecule has 0 fully saturated rings. The molecule has 108 valence electrons. The van der Waals surface area contributed by atoms with Gasteiger partial charge in [-0.15, -0.1) is 0 Å². The zero-order valence-corrected chi connectivity index (χ0v) is 11.4. The Morgan fingerprint density at radius 1 is 1.05 bits per heavy atom. The number of hydrogen-bond acceptors (Lipinski definition) is 5. The van der Waals surface area contributed by atoms with Crippen LogP contribution < -0.4 is 9.47 Å². The molecule has 2 aromatic carbocycles. The molecule has 0 spiro atoms. The van der Waals surface area contributed by atoms with Gasteiger partial charge in [0.15, 0.2) is 17.3 Å². The highest BCUT2D eigenvalue weighted by Crippen LogP contribution is 2.35. The standard InChI is InChI=1S/C17H11NO4/c19-16-11-3-1-2-4-12(11)17(20)13(16)8-18-10-5-6-14-15(7-10)22-9-21-14/h1-8,19H,9H2. The van der Waals surface area contributed by atoms with E-state index in [0.717, 1.165) is 0 Å². The van der Waals surface area contributed by atoms with Gasteiger partial charge in [0.25, 0.3) is 0 Å². The summed E-state index contributed by atoms with van der Waals surface area (Å²) in [5.41, 5.74) is 1.85. The zero-order chi connectivity index (χ0) is 15.1. The SMILES string of the molecule is O=C1C(C=Nc2ccc3c(c2)OCO3)=C(O)c2ccccc21. The molecule has 0 bridgehead atoms. The number of aliphatic hydroxyl groups excluding tert-OH is 1. The topological polar surface area (TPSA) is 68.1 Å². The van der Waals surface area contributed by atoms with Gasteiger partial charge >= 0.3 is 0 Å². The molecule has 0 unspecified atom stereocenters. The number of nitrogens with zero attached hydrogens (tertiary/aromatic N) is 1. The van der Waals surface area contributed by atoms with Crippen LogP contribution in [0.3, 0.4) is 0 Å². The normalized spacial score (nSPS) is 15.7. The fourth-order valence-electron chi connectivity index (χ4n) is 2.51. The Labute approximate surface area is 126 Å². The Kier molecular flexibility index (Phi) is 2.72. The van der Waals surface area contributed by atoms with E-state index in [4.69, 9.17) is 9.47 Å². The second-order valence-electron chi connectivity index (χ2n) is 4.93. The molecule has 0 amide bonds. The van der Waals surface area contributed by atoms with Crippen LogP contribution >= 0.6 is 0 Å². The molecule has 1 heterocycles. The zero-order valence-electron chi connectivity index (χ0n) is 11.4. The fourth-order valence-corrected chi connectivity index (χ4v) is 2.51. The molecular formula is C17H11NO4. The Bertz CT molecular complexity index is 851. The van der Waals surface area contributed by atoms with Gasteiger partial charge in [-0.1, -0.05) is 24.3 Å². The maximum atomic E-state index is 12.3. The summed E-state index contributed by atoms with van der Waals surface area (Å²) in [5.74, 6) is 1.03. The van der Waals surface area contributed by atoms with Crippen molar-refractivity contribution in [2.75, 3.05) is 6.79 Å². The van der Waals surface area contributed by atoms with Crippen LogP contribution in [0.4, 0.5) is 5.69 Å². The van der Waals surface area contributed by atoms with E-state index in [2.05, 4.69) is 4.99 Å². The van der Waals surface area contributed by atoms with Crippen molar-refractivity contribution in [2.45, 2.75) is 0 Å². The van der Waals surface area contributed by atoms with Crippen molar-refractivity contribution in [2.24, 2.45) is 4.99 Å². The maximum Gasteiger partial charge on any atom is 0.231 e. The van der Waals surface area contributed by atoms with Crippen molar-refractivity contribution in [1.29, 1.82) is 0 Å². The number of fused-ring (bicyclic) bond motifs is 2. The van der Waals surface area contributed by atoms with Crippen LogP contribution in [0.2, 0.25) is 0 Å². The molecule has 5 nitrogen and oxygen atoms in total. The van der Waals surface area contributed by atoms with Crippen LogP contribution in [0.15, 0.2) is 53.0 Å². The second kappa shape index (κ2) is 4.73. The van der Waals surface area contributed by atoms with E-state index >= 15 is 0 Å². The molecule has 0 saturated heterocycles. The lowest BCUT2D eigenvalue weighted by molar-refractivity contribution is 0.104. The summed E-state index contributed by atoms with van der Waals surface area (Å²) >= 11 is 0. The molecule has 2 aromatic rings. The Morgan fingerprint density at radius 2 is 1.82 bits per heavy atom. The molecule has 4 rings (SSSR count). The van der Waals surface area contributed by atoms with Crippen molar-refractivity contribution in [1.82, 2.24) is 0 Å². The summed E-state index contributed by atoms with van der Waals surface area (Å²) in [6, 6.07) is 12.2. The van der Waals surface area contributed by atoms with Gasteiger partial charge in [0, 0.05) is 23.4 Å². The lowest BCUT2D eigenvalue weighted by atomic mass is 10.1. The molecule has 0 saturated carbocycles. The van der Waals surface area contributed by atoms with E-state index in [1.165, 1.54) is 6.21 Å². The van der Waals surface area contributed by atoms with Crippen molar-refractivity contribution in [3.63, 3.8) is 0 Å². The first-order valence-electron chi connectivity index (χ1n) is 6.75. The van der Waals surface area contributed by atoms with Gasteiger partial charge in [0.1, 0.15) is 5.76 Å². The average molecular weight is 293 g/mol. The number of allylic oxidation sites excluding steroid dienone is 1. The summed E-state index contributed by atoms with van der Waals surface area (Å²) in [6.45, 7) is 0.197. The third kappa shape index (κ3) is 1.87. The third-order valence-corrected chi connectivity index (χ3v) is 3.63. The van der Waals surface area contributed by atoms with E-state index < -0.39 is 0 Å². The lowest BCUT2D eigenvalue weighted by Crippen LogP contribution is -1.99. The predicted octanol–water partition coefficient (Wildman–Crippen LogP) is 3.28. The van der Waals surface area contributed by atoms with E-state index in [9.17, 15) is 9.90 Å². The minimum Gasteiger partial charge on any atom is -0.506 e. The van der Waals surface area contributed by atoms with E-state index in [-0.39, 0.29) is 23.9 Å². The van der Waals surface area contributed by atoms with Gasteiger partial charge in [0.05, 0.1) is 11.3 Å². The van der Waals surface area contributed by atoms with Crippen molar-refractivity contribution >= 4 is 23.4 Å². The molecule has 2 aliphatic rings. The highest BCUT2D eigenvalue weighted by atomic mass is 16.7. The van der Waals surface area contributed by atoms with Crippen LogP contribution in [-0.2, 0) is 0 Å². The smallest absolute Gasteiger partial charge is 0.231 e. The van der Waals surface area contributed by atoms with Gasteiger partial charge in [-0.2, -0.15) is 0 Å². The summed E-state index contributed by atoms with van der Waals surface area (Å²) in [4.78, 5) is 16.5. The third-order valence-electron chi connectivity index (χ3n) is 3.63. The molecule has 0 atom stereocenters. The summed E-state index contributed by atoms with van der Waals surface area (Å²) in [5, 5.41) is 10.2. The quantitative estimate of drug-likeness (QED) is 0.863. The first-order chi connectivity index (χ1) is 10.7. The van der Waals surface area contributed by atoms with Crippen molar-refractivity contribution in [3.05, 3.63) is 59.2 Å². The number of benzene rings is 2. The van der Waals surface area contributed by atoms with Crippen LogP contribution in [0.5, 0.6) is 11.5 Å². The number of aliphatic hydroxyl groups is 1. The summed E-state index contributed by atoms with van der Waals surface area (Å²) < 4.78 is 10.5. The largest absolute Gasteiger partial charge is 0.506 e. The van der Waals surface area contributed by atoms with Gasteiger partial charge < -0.3 is 14.6 Å². The fraction of sp³-hybridized carbons (Fsp3) is 0.0588. The van der Waals surface area contributed by atoms with Gasteiger partial charge in [-0.05, 0) is 12.1 Å². The molecule has 1 N–H and O–H groups in total. The van der Waals surface area contributed by atoms with Gasteiger partial charge in [0.2, 0.25) is 6.79 Å². The molecule has 5 heteroatoms. The average Bonchev–Trinajstić information content (AvgIpc) is 3.10. The van der Waals surface area contributed by atoms with Crippen molar-refractivity contribution < 1.29 is 19.4 Å². The van der Waals surface area contributed by atoms with E-state index in [1.807, 2.05) is 0 Å². The van der Waals surface area contributed by atoms with Crippen molar-refractivity contribution in [3.8, 4) is 11.5 Å². The first-order valence-corrected chi connectivity index (χ1v) is 6.75. The van der Waals surface area contributed by atoms with Gasteiger partial charge in [-0.25, -0.2) is 0 Å². The summed E-state index contributed by atoms with van der Waals surface area (Å²) in [7, 11) is 0. The Balaban J connectivity index is 1.67. The Morgan fingerprint density at radius 3 is 2.64 bits per heavy atom. The number of ketones is 1. The number of carbonyl (C=O) groups excluding carboxylic acids is 1. The molecule has 1 aliphatic heterocycles. The minimum absolute atomic E-state index is 0.0370. The molecule has 0 aromatic heterocycles. The predicted molar refractivity (Wildman–Crippen MR) is 81.0 cm³/mol. The molecule has 22 heavy (non-hydrogen) atoms. The van der Waals surface area contributed by atoms with E-state index in [0.29, 0.717) is 28.3 Å². The number of ether oxygens (including phenoxy) is 2. The first kappa shape index (κ1) is 12.6. The number of hydrogen-bond donors (Lipinski definition) is 1. The number of carbonyl (C=O) groups is 1. The number of aliphatic imine (C=N–C) groups is 1. The van der Waals surface area contributed by atoms with Gasteiger partial charge in [-0.3, -0.25) is 9.79 Å². The van der Waals surface area contributed by atoms with E-state index in [1.54, 1.807) is 42.5 Å². The van der Waals surface area contributed by atoms with Crippen LogP contribution in [0.25, 0.3) is 5.76 Å². The number of Topliss-reactive ketones (excluding diaryl/α,β-unsaturated/α-hetero) is 1. The van der Waals surface area contributed by atoms with Crippen LogP contribution in [0, 0.1) is 0 Å². The minimum atomic E-state index is -0.224. The van der Waals surface area contributed by atoms with Crippen LogP contribution in [0.1, 0.15) is 15.9 Å². The monoisotopic (exact) mass is 293 g/mol. The highest BCUT2D eigenvalue weighted by molar-refractivity contribution is 6.30. The Hall–Kier alpha value is -3.08. The van der Waals surface area contributed by atoms with Crippen LogP contribution in [-0.4, -0.2) is 23.9 Å². The molecule has 0 radical (unpaired) electrons. The lowest BCUT2D eigenvalue weighted by Gasteiger charge is -1.98.